The fourth-order valence-electron chi connectivity index (χ4n) is 2.27. The van der Waals surface area contributed by atoms with Crippen LogP contribution in [0.3, 0.4) is 0 Å². The van der Waals surface area contributed by atoms with Gasteiger partial charge >= 0.3 is 0 Å². The number of hydrogen-bond donors (Lipinski definition) is 1. The highest BCUT2D eigenvalue weighted by Gasteiger charge is 2.29. The number of aromatic nitrogens is 1. The number of nitrogens with zero attached hydrogens (tertiary/aromatic N) is 1. The average Bonchev–Trinajstić information content (AvgIpc) is 3.16. The molecule has 0 spiro atoms. The summed E-state index contributed by atoms with van der Waals surface area (Å²) in [7, 11) is 1.79. The number of hydrogen-bond acceptors (Lipinski definition) is 1. The smallest absolute Gasteiger partial charge is 0.227 e. The molecule has 0 aliphatic heterocycles. The van der Waals surface area contributed by atoms with E-state index in [1.165, 1.54) is 0 Å². The molecule has 3 rings (SSSR count). The Balaban J connectivity index is 1.88. The minimum Gasteiger partial charge on any atom is -0.361 e. The first-order valence-electron chi connectivity index (χ1n) is 6.27. The molecular formula is C14H14F2N2O. The molecule has 1 aliphatic rings. The number of amides is 1. The summed E-state index contributed by atoms with van der Waals surface area (Å²) in [6.07, 6.45) is 3.95. The number of H-pyrrole nitrogens is 1. The van der Waals surface area contributed by atoms with Crippen LogP contribution in [0.5, 0.6) is 0 Å². The van der Waals surface area contributed by atoms with E-state index in [0.29, 0.717) is 22.5 Å². The first kappa shape index (κ1) is 12.1. The molecule has 0 saturated heterocycles. The van der Waals surface area contributed by atoms with Crippen molar-refractivity contribution >= 4 is 16.8 Å². The Hall–Kier alpha value is -1.91. The minimum atomic E-state index is -0.892. The van der Waals surface area contributed by atoms with Crippen LogP contribution >= 0.6 is 0 Å². The van der Waals surface area contributed by atoms with Gasteiger partial charge in [-0.05, 0) is 24.5 Å². The van der Waals surface area contributed by atoms with E-state index in [2.05, 4.69) is 4.98 Å². The normalized spacial score (nSPS) is 14.9. The summed E-state index contributed by atoms with van der Waals surface area (Å²) in [6.45, 7) is 0. The van der Waals surface area contributed by atoms with Gasteiger partial charge in [0, 0.05) is 36.3 Å². The third-order valence-corrected chi connectivity index (χ3v) is 3.64. The summed E-state index contributed by atoms with van der Waals surface area (Å²) in [5, 5.41) is 0.566. The second-order valence-electron chi connectivity index (χ2n) is 5.04. The van der Waals surface area contributed by atoms with Crippen molar-refractivity contribution in [3.8, 4) is 0 Å². The van der Waals surface area contributed by atoms with Crippen LogP contribution < -0.4 is 0 Å². The Morgan fingerprint density at radius 3 is 2.74 bits per heavy atom. The number of benzene rings is 1. The largest absolute Gasteiger partial charge is 0.361 e. The van der Waals surface area contributed by atoms with Crippen LogP contribution in [0.25, 0.3) is 10.9 Å². The summed E-state index contributed by atoms with van der Waals surface area (Å²) in [4.78, 5) is 16.6. The monoisotopic (exact) mass is 264 g/mol. The van der Waals surface area contributed by atoms with E-state index < -0.39 is 11.6 Å². The lowest BCUT2D eigenvalue weighted by Crippen LogP contribution is -2.30. The molecule has 0 atom stereocenters. The van der Waals surface area contributed by atoms with E-state index in [1.54, 1.807) is 18.1 Å². The first-order valence-corrected chi connectivity index (χ1v) is 6.27. The number of nitrogens with one attached hydrogen (secondary N) is 1. The first-order chi connectivity index (χ1) is 9.06. The van der Waals surface area contributed by atoms with Crippen molar-refractivity contribution in [3.63, 3.8) is 0 Å². The Morgan fingerprint density at radius 1 is 1.37 bits per heavy atom. The highest BCUT2D eigenvalue weighted by Crippen LogP contribution is 2.27. The number of carbonyl (C=O) groups excluding carboxylic acids is 1. The molecule has 1 heterocycles. The number of likely N-dealkylation sites (N-methyl/N-ethyl adjacent to an activating group) is 1. The quantitative estimate of drug-likeness (QED) is 0.908. The SMILES string of the molecule is CN(C(=O)Cc1c[nH]c2cc(F)c(F)cc12)C1CC1. The zero-order valence-electron chi connectivity index (χ0n) is 10.5. The van der Waals surface area contributed by atoms with Crippen LogP contribution in [0.4, 0.5) is 8.78 Å². The van der Waals surface area contributed by atoms with Gasteiger partial charge in [0.2, 0.25) is 5.91 Å². The van der Waals surface area contributed by atoms with E-state index in [0.717, 1.165) is 25.0 Å². The summed E-state index contributed by atoms with van der Waals surface area (Å²) < 4.78 is 26.3. The molecule has 1 saturated carbocycles. The van der Waals surface area contributed by atoms with Crippen LogP contribution in [0.2, 0.25) is 0 Å². The van der Waals surface area contributed by atoms with Gasteiger partial charge in [-0.25, -0.2) is 8.78 Å². The number of rotatable bonds is 3. The van der Waals surface area contributed by atoms with E-state index in [1.807, 2.05) is 0 Å². The van der Waals surface area contributed by atoms with Crippen LogP contribution in [-0.4, -0.2) is 28.9 Å². The predicted octanol–water partition coefficient (Wildman–Crippen LogP) is 2.61. The standard InChI is InChI=1S/C14H14F2N2O/c1-18(9-2-3-9)14(19)4-8-7-17-13-6-12(16)11(15)5-10(8)13/h5-7,9,17H,2-4H2,1H3. The maximum absolute atomic E-state index is 13.3. The molecule has 0 unspecified atom stereocenters. The molecule has 1 fully saturated rings. The van der Waals surface area contributed by atoms with Crippen LogP contribution in [0, 0.1) is 11.6 Å². The van der Waals surface area contributed by atoms with Gasteiger partial charge < -0.3 is 9.88 Å². The van der Waals surface area contributed by atoms with Crippen molar-refractivity contribution in [1.29, 1.82) is 0 Å². The summed E-state index contributed by atoms with van der Waals surface area (Å²) in [5.74, 6) is -1.77. The maximum Gasteiger partial charge on any atom is 0.227 e. The molecule has 2 aromatic rings. The fraction of sp³-hybridized carbons (Fsp3) is 0.357. The highest BCUT2D eigenvalue weighted by atomic mass is 19.2. The summed E-state index contributed by atoms with van der Waals surface area (Å²) in [6, 6.07) is 2.61. The lowest BCUT2D eigenvalue weighted by atomic mass is 10.1. The molecule has 0 bridgehead atoms. The molecule has 100 valence electrons. The second kappa shape index (κ2) is 4.33. The van der Waals surface area contributed by atoms with E-state index in [4.69, 9.17) is 0 Å². The molecular weight excluding hydrogens is 250 g/mol. The zero-order chi connectivity index (χ0) is 13.6. The molecule has 1 aliphatic carbocycles. The van der Waals surface area contributed by atoms with E-state index in [9.17, 15) is 13.6 Å². The Kier molecular flexibility index (Phi) is 2.77. The lowest BCUT2D eigenvalue weighted by Gasteiger charge is -2.15. The molecule has 1 aromatic carbocycles. The van der Waals surface area contributed by atoms with Crippen molar-refractivity contribution in [2.24, 2.45) is 0 Å². The Morgan fingerprint density at radius 2 is 2.05 bits per heavy atom. The van der Waals surface area contributed by atoms with Gasteiger partial charge in [0.05, 0.1) is 6.42 Å². The van der Waals surface area contributed by atoms with E-state index >= 15 is 0 Å². The summed E-state index contributed by atoms with van der Waals surface area (Å²) >= 11 is 0. The fourth-order valence-corrected chi connectivity index (χ4v) is 2.27. The molecule has 1 aromatic heterocycles. The van der Waals surface area contributed by atoms with Gasteiger partial charge in [-0.2, -0.15) is 0 Å². The molecule has 19 heavy (non-hydrogen) atoms. The third kappa shape index (κ3) is 2.20. The van der Waals surface area contributed by atoms with Crippen molar-refractivity contribution in [2.75, 3.05) is 7.05 Å². The Bertz CT molecular complexity index is 646. The minimum absolute atomic E-state index is 0.00753. The van der Waals surface area contributed by atoms with Crippen molar-refractivity contribution in [2.45, 2.75) is 25.3 Å². The van der Waals surface area contributed by atoms with Crippen molar-refractivity contribution < 1.29 is 13.6 Å². The van der Waals surface area contributed by atoms with Crippen molar-refractivity contribution in [1.82, 2.24) is 9.88 Å². The third-order valence-electron chi connectivity index (χ3n) is 3.64. The van der Waals surface area contributed by atoms with Gasteiger partial charge in [0.25, 0.3) is 0 Å². The van der Waals surface area contributed by atoms with Gasteiger partial charge in [0.1, 0.15) is 0 Å². The van der Waals surface area contributed by atoms with Gasteiger partial charge in [-0.1, -0.05) is 0 Å². The summed E-state index contributed by atoms with van der Waals surface area (Å²) in [5.41, 5.74) is 1.21. The van der Waals surface area contributed by atoms with Crippen molar-refractivity contribution in [3.05, 3.63) is 35.5 Å². The average molecular weight is 264 g/mol. The van der Waals surface area contributed by atoms with Crippen LogP contribution in [0.15, 0.2) is 18.3 Å². The van der Waals surface area contributed by atoms with Crippen LogP contribution in [-0.2, 0) is 11.2 Å². The number of fused-ring (bicyclic) bond motifs is 1. The highest BCUT2D eigenvalue weighted by molar-refractivity contribution is 5.89. The second-order valence-corrected chi connectivity index (χ2v) is 5.04. The zero-order valence-corrected chi connectivity index (χ0v) is 10.5. The topological polar surface area (TPSA) is 36.1 Å². The van der Waals surface area contributed by atoms with Gasteiger partial charge in [0.15, 0.2) is 11.6 Å². The molecule has 1 N–H and O–H groups in total. The van der Waals surface area contributed by atoms with E-state index in [-0.39, 0.29) is 12.3 Å². The number of aromatic amines is 1. The lowest BCUT2D eigenvalue weighted by molar-refractivity contribution is -0.129. The maximum atomic E-state index is 13.3. The predicted molar refractivity (Wildman–Crippen MR) is 67.7 cm³/mol. The molecule has 1 amide bonds. The van der Waals surface area contributed by atoms with Gasteiger partial charge in [-0.15, -0.1) is 0 Å². The number of halogens is 2. The van der Waals surface area contributed by atoms with Crippen LogP contribution in [0.1, 0.15) is 18.4 Å². The number of carbonyl (C=O) groups is 1. The molecule has 0 radical (unpaired) electrons. The molecule has 3 nitrogen and oxygen atoms in total. The molecule has 5 heteroatoms. The Labute approximate surface area is 109 Å². The van der Waals surface area contributed by atoms with Gasteiger partial charge in [-0.3, -0.25) is 4.79 Å².